The number of nitrogens with zero attached hydrogens (tertiary/aromatic N) is 4. The summed E-state index contributed by atoms with van der Waals surface area (Å²) < 4.78 is 6.73. The maximum Gasteiger partial charge on any atom is 0.252 e. The van der Waals surface area contributed by atoms with Crippen LogP contribution in [-0.4, -0.2) is 28.2 Å². The third-order valence-corrected chi connectivity index (χ3v) is 2.41. The molecule has 0 radical (unpaired) electrons. The average molecular weight is 242 g/mol. The van der Waals surface area contributed by atoms with Gasteiger partial charge >= 0.3 is 0 Å². The Morgan fingerprint density at radius 1 is 1.56 bits per heavy atom. The SMILES string of the molecule is COc1ccc(C=O)cc1Cn1cnc(C#N)n1. The van der Waals surface area contributed by atoms with Crippen LogP contribution >= 0.6 is 0 Å². The third-order valence-electron chi connectivity index (χ3n) is 2.41. The van der Waals surface area contributed by atoms with Gasteiger partial charge in [-0.25, -0.2) is 9.67 Å². The Hall–Kier alpha value is -2.68. The Morgan fingerprint density at radius 2 is 2.39 bits per heavy atom. The van der Waals surface area contributed by atoms with Crippen LogP contribution < -0.4 is 4.74 Å². The molecule has 1 aromatic heterocycles. The van der Waals surface area contributed by atoms with Crippen LogP contribution in [0.25, 0.3) is 0 Å². The molecule has 0 aliphatic heterocycles. The van der Waals surface area contributed by atoms with Crippen molar-refractivity contribution in [1.82, 2.24) is 14.8 Å². The number of hydrogen-bond donors (Lipinski definition) is 0. The van der Waals surface area contributed by atoms with Crippen LogP contribution in [0.5, 0.6) is 5.75 Å². The van der Waals surface area contributed by atoms with Crippen LogP contribution in [0.2, 0.25) is 0 Å². The molecule has 2 rings (SSSR count). The summed E-state index contributed by atoms with van der Waals surface area (Å²) in [6, 6.07) is 6.98. The lowest BCUT2D eigenvalue weighted by Crippen LogP contribution is -2.03. The van der Waals surface area contributed by atoms with Crippen LogP contribution in [-0.2, 0) is 6.54 Å². The van der Waals surface area contributed by atoms with E-state index in [1.165, 1.54) is 11.0 Å². The van der Waals surface area contributed by atoms with E-state index in [4.69, 9.17) is 10.00 Å². The van der Waals surface area contributed by atoms with Gasteiger partial charge in [0.15, 0.2) is 0 Å². The lowest BCUT2D eigenvalue weighted by Gasteiger charge is -2.08. The van der Waals surface area contributed by atoms with Crippen molar-refractivity contribution in [2.45, 2.75) is 6.54 Å². The number of methoxy groups -OCH3 is 1. The van der Waals surface area contributed by atoms with Crippen molar-refractivity contribution in [1.29, 1.82) is 5.26 Å². The molecule has 0 aliphatic rings. The Balaban J connectivity index is 2.32. The first-order valence-corrected chi connectivity index (χ1v) is 5.18. The number of hydrogen-bond acceptors (Lipinski definition) is 5. The molecule has 0 atom stereocenters. The maximum absolute atomic E-state index is 10.7. The summed E-state index contributed by atoms with van der Waals surface area (Å²) in [5, 5.41) is 12.6. The second-order valence-corrected chi connectivity index (χ2v) is 3.57. The molecular weight excluding hydrogens is 232 g/mol. The van der Waals surface area contributed by atoms with Gasteiger partial charge in [-0.05, 0) is 18.2 Å². The van der Waals surface area contributed by atoms with E-state index in [0.29, 0.717) is 17.9 Å². The predicted molar refractivity (Wildman–Crippen MR) is 62.2 cm³/mol. The Labute approximate surface area is 103 Å². The predicted octanol–water partition coefficient (Wildman–Crippen LogP) is 1.02. The fourth-order valence-corrected chi connectivity index (χ4v) is 1.59. The summed E-state index contributed by atoms with van der Waals surface area (Å²) in [5.41, 5.74) is 1.36. The van der Waals surface area contributed by atoms with Gasteiger partial charge in [-0.15, -0.1) is 5.10 Å². The molecule has 0 amide bonds. The Kier molecular flexibility index (Phi) is 3.34. The highest BCUT2D eigenvalue weighted by Crippen LogP contribution is 2.20. The summed E-state index contributed by atoms with van der Waals surface area (Å²) in [7, 11) is 1.56. The molecular formula is C12H10N4O2. The lowest BCUT2D eigenvalue weighted by atomic mass is 10.1. The van der Waals surface area contributed by atoms with Crippen molar-refractivity contribution in [2.75, 3.05) is 7.11 Å². The zero-order valence-electron chi connectivity index (χ0n) is 9.70. The number of carbonyl (C=O) groups is 1. The quantitative estimate of drug-likeness (QED) is 0.747. The fraction of sp³-hybridized carbons (Fsp3) is 0.167. The molecule has 0 aliphatic carbocycles. The van der Waals surface area contributed by atoms with Gasteiger partial charge in [0.2, 0.25) is 0 Å². The van der Waals surface area contributed by atoms with Crippen molar-refractivity contribution in [3.8, 4) is 11.8 Å². The zero-order valence-corrected chi connectivity index (χ0v) is 9.70. The van der Waals surface area contributed by atoms with Crippen LogP contribution in [0, 0.1) is 11.3 Å². The largest absolute Gasteiger partial charge is 0.496 e. The summed E-state index contributed by atoms with van der Waals surface area (Å²) in [6.07, 6.45) is 2.23. The fourth-order valence-electron chi connectivity index (χ4n) is 1.59. The monoisotopic (exact) mass is 242 g/mol. The number of aromatic nitrogens is 3. The van der Waals surface area contributed by atoms with Crippen molar-refractivity contribution < 1.29 is 9.53 Å². The van der Waals surface area contributed by atoms with Crippen molar-refractivity contribution in [3.05, 3.63) is 41.5 Å². The minimum absolute atomic E-state index is 0.112. The van der Waals surface area contributed by atoms with Crippen molar-refractivity contribution in [2.24, 2.45) is 0 Å². The normalized spacial score (nSPS) is 9.78. The van der Waals surface area contributed by atoms with E-state index in [9.17, 15) is 4.79 Å². The van der Waals surface area contributed by atoms with E-state index in [2.05, 4.69) is 10.1 Å². The Bertz CT molecular complexity index is 613. The molecule has 6 heteroatoms. The first-order valence-electron chi connectivity index (χ1n) is 5.18. The van der Waals surface area contributed by atoms with E-state index in [1.807, 2.05) is 6.07 Å². The molecule has 18 heavy (non-hydrogen) atoms. The second-order valence-electron chi connectivity index (χ2n) is 3.57. The summed E-state index contributed by atoms with van der Waals surface area (Å²) in [4.78, 5) is 14.6. The van der Waals surface area contributed by atoms with Crippen LogP contribution in [0.1, 0.15) is 21.7 Å². The highest BCUT2D eigenvalue weighted by Gasteiger charge is 2.07. The summed E-state index contributed by atoms with van der Waals surface area (Å²) in [6.45, 7) is 0.388. The molecule has 1 heterocycles. The van der Waals surface area contributed by atoms with Gasteiger partial charge in [-0.3, -0.25) is 4.79 Å². The first-order chi connectivity index (χ1) is 8.76. The summed E-state index contributed by atoms with van der Waals surface area (Å²) in [5.74, 6) is 0.773. The van der Waals surface area contributed by atoms with E-state index in [1.54, 1.807) is 25.3 Å². The second kappa shape index (κ2) is 5.10. The standard InChI is InChI=1S/C12H10N4O2/c1-18-11-3-2-9(7-17)4-10(11)6-16-8-14-12(5-13)15-16/h2-4,7-8H,6H2,1H3. The highest BCUT2D eigenvalue weighted by molar-refractivity contribution is 5.75. The smallest absolute Gasteiger partial charge is 0.252 e. The molecule has 0 saturated carbocycles. The number of benzene rings is 1. The van der Waals surface area contributed by atoms with E-state index in [0.717, 1.165) is 11.8 Å². The van der Waals surface area contributed by atoms with Crippen LogP contribution in [0.15, 0.2) is 24.5 Å². The molecule has 0 bridgehead atoms. The topological polar surface area (TPSA) is 80.8 Å². The minimum atomic E-state index is 0.112. The van der Waals surface area contributed by atoms with E-state index < -0.39 is 0 Å². The molecule has 0 unspecified atom stereocenters. The van der Waals surface area contributed by atoms with Crippen LogP contribution in [0.4, 0.5) is 0 Å². The van der Waals surface area contributed by atoms with Gasteiger partial charge in [0, 0.05) is 11.1 Å². The highest BCUT2D eigenvalue weighted by atomic mass is 16.5. The zero-order chi connectivity index (χ0) is 13.0. The van der Waals surface area contributed by atoms with Gasteiger partial charge in [0.1, 0.15) is 24.4 Å². The maximum atomic E-state index is 10.7. The molecule has 0 N–H and O–H groups in total. The molecule has 1 aromatic carbocycles. The number of rotatable bonds is 4. The number of aldehydes is 1. The summed E-state index contributed by atoms with van der Waals surface area (Å²) >= 11 is 0. The van der Waals surface area contributed by atoms with Gasteiger partial charge < -0.3 is 4.74 Å². The first kappa shape index (κ1) is 11.8. The van der Waals surface area contributed by atoms with Crippen molar-refractivity contribution in [3.63, 3.8) is 0 Å². The molecule has 6 nitrogen and oxygen atoms in total. The lowest BCUT2D eigenvalue weighted by molar-refractivity contribution is 0.112. The number of carbonyl (C=O) groups excluding carboxylic acids is 1. The average Bonchev–Trinajstić information content (AvgIpc) is 2.86. The molecule has 90 valence electrons. The molecule has 0 fully saturated rings. The number of nitriles is 1. The van der Waals surface area contributed by atoms with Gasteiger partial charge in [-0.2, -0.15) is 5.26 Å². The third kappa shape index (κ3) is 2.35. The molecule has 2 aromatic rings. The van der Waals surface area contributed by atoms with E-state index in [-0.39, 0.29) is 5.82 Å². The van der Waals surface area contributed by atoms with Gasteiger partial charge in [0.25, 0.3) is 5.82 Å². The van der Waals surface area contributed by atoms with Crippen molar-refractivity contribution >= 4 is 6.29 Å². The molecule has 0 spiro atoms. The van der Waals surface area contributed by atoms with E-state index >= 15 is 0 Å². The minimum Gasteiger partial charge on any atom is -0.496 e. The molecule has 0 saturated heterocycles. The van der Waals surface area contributed by atoms with Crippen LogP contribution in [0.3, 0.4) is 0 Å². The van der Waals surface area contributed by atoms with Gasteiger partial charge in [-0.1, -0.05) is 0 Å². The van der Waals surface area contributed by atoms with Gasteiger partial charge in [0.05, 0.1) is 13.7 Å². The Morgan fingerprint density at radius 3 is 3.00 bits per heavy atom. The number of ether oxygens (including phenoxy) is 1.